The molecule has 1 amide bonds. The molecule has 0 atom stereocenters. The van der Waals surface area contributed by atoms with Crippen molar-refractivity contribution >= 4 is 23.5 Å². The smallest absolute Gasteiger partial charge is 0.218 e. The van der Waals surface area contributed by atoms with Crippen LogP contribution in [0.3, 0.4) is 0 Å². The van der Waals surface area contributed by atoms with Gasteiger partial charge in [-0.25, -0.2) is 4.39 Å². The van der Waals surface area contributed by atoms with E-state index in [1.54, 1.807) is 12.1 Å². The van der Waals surface area contributed by atoms with Crippen molar-refractivity contribution in [1.29, 1.82) is 0 Å². The first-order valence-corrected chi connectivity index (χ1v) is 7.04. The van der Waals surface area contributed by atoms with Gasteiger partial charge in [0.25, 0.3) is 0 Å². The molecule has 3 nitrogen and oxygen atoms in total. The monoisotopic (exact) mass is 286 g/mol. The highest BCUT2D eigenvalue weighted by molar-refractivity contribution is 5.86. The first-order chi connectivity index (χ1) is 10.2. The van der Waals surface area contributed by atoms with Crippen LogP contribution in [0.2, 0.25) is 0 Å². The number of amides is 1. The second-order valence-electron chi connectivity index (χ2n) is 4.64. The molecule has 0 aliphatic carbocycles. The molecule has 0 radical (unpaired) electrons. The second kappa shape index (κ2) is 6.88. The molecule has 2 aromatic carbocycles. The number of hydrogen-bond acceptors (Lipinski definition) is 2. The predicted molar refractivity (Wildman–Crippen MR) is 84.6 cm³/mol. The van der Waals surface area contributed by atoms with Crippen LogP contribution in [0.4, 0.5) is 21.5 Å². The van der Waals surface area contributed by atoms with Crippen molar-refractivity contribution in [1.82, 2.24) is 0 Å². The van der Waals surface area contributed by atoms with E-state index in [-0.39, 0.29) is 5.82 Å². The molecule has 0 saturated heterocycles. The molecule has 2 aromatic rings. The summed E-state index contributed by atoms with van der Waals surface area (Å²) in [6.07, 6.45) is 0.736. The molecule has 0 saturated carbocycles. The second-order valence-corrected chi connectivity index (χ2v) is 4.64. The quantitative estimate of drug-likeness (QED) is 0.750. The van der Waals surface area contributed by atoms with Crippen LogP contribution >= 0.6 is 0 Å². The minimum atomic E-state index is -0.318. The first-order valence-electron chi connectivity index (χ1n) is 7.04. The molecule has 0 aromatic heterocycles. The van der Waals surface area contributed by atoms with Gasteiger partial charge in [-0.2, -0.15) is 0 Å². The Morgan fingerprint density at radius 2 is 1.29 bits per heavy atom. The molecule has 0 N–H and O–H groups in total. The Hall–Kier alpha value is -2.36. The van der Waals surface area contributed by atoms with Crippen molar-refractivity contribution < 1.29 is 9.18 Å². The lowest BCUT2D eigenvalue weighted by molar-refractivity contribution is -0.106. The molecule has 2 rings (SSSR count). The minimum Gasteiger partial charge on any atom is -0.372 e. The number of benzene rings is 2. The van der Waals surface area contributed by atoms with Gasteiger partial charge >= 0.3 is 0 Å². The van der Waals surface area contributed by atoms with Crippen LogP contribution < -0.4 is 9.80 Å². The molecule has 0 aliphatic rings. The Morgan fingerprint density at radius 3 is 1.71 bits per heavy atom. The largest absolute Gasteiger partial charge is 0.372 e. The van der Waals surface area contributed by atoms with Crippen molar-refractivity contribution in [3.05, 3.63) is 54.3 Å². The van der Waals surface area contributed by atoms with Gasteiger partial charge in [0.2, 0.25) is 6.41 Å². The average Bonchev–Trinajstić information content (AvgIpc) is 2.52. The summed E-state index contributed by atoms with van der Waals surface area (Å²) in [6.45, 7) is 6.08. The number of rotatable bonds is 6. The van der Waals surface area contributed by atoms with Crippen LogP contribution in [0.1, 0.15) is 13.8 Å². The van der Waals surface area contributed by atoms with Gasteiger partial charge in [-0.15, -0.1) is 0 Å². The maximum Gasteiger partial charge on any atom is 0.218 e. The summed E-state index contributed by atoms with van der Waals surface area (Å²) >= 11 is 0. The summed E-state index contributed by atoms with van der Waals surface area (Å²) in [5.74, 6) is -0.318. The van der Waals surface area contributed by atoms with Crippen molar-refractivity contribution in [2.24, 2.45) is 0 Å². The first kappa shape index (κ1) is 15.0. The third kappa shape index (κ3) is 3.40. The van der Waals surface area contributed by atoms with Gasteiger partial charge in [-0.05, 0) is 62.4 Å². The lowest BCUT2D eigenvalue weighted by atomic mass is 10.2. The Labute approximate surface area is 124 Å². The fourth-order valence-corrected chi connectivity index (χ4v) is 2.29. The van der Waals surface area contributed by atoms with E-state index >= 15 is 0 Å². The standard InChI is InChI=1S/C17H19FN2O/c1-3-19(4-2)15-9-11-17(12-10-15)20(13-21)16-7-5-14(18)6-8-16/h5-13H,3-4H2,1-2H3. The van der Waals surface area contributed by atoms with Crippen LogP contribution in [0.5, 0.6) is 0 Å². The SMILES string of the molecule is CCN(CC)c1ccc(N(C=O)c2ccc(F)cc2)cc1. The molecule has 0 fully saturated rings. The van der Waals surface area contributed by atoms with Gasteiger partial charge in [0.05, 0.1) is 0 Å². The summed E-state index contributed by atoms with van der Waals surface area (Å²) in [5.41, 5.74) is 2.52. The zero-order valence-electron chi connectivity index (χ0n) is 12.3. The molecule has 4 heteroatoms. The van der Waals surface area contributed by atoms with Gasteiger partial charge in [0, 0.05) is 30.2 Å². The molecule has 110 valence electrons. The predicted octanol–water partition coefficient (Wildman–Crippen LogP) is 3.97. The molecule has 0 spiro atoms. The Morgan fingerprint density at radius 1 is 0.857 bits per heavy atom. The number of anilines is 3. The Bertz CT molecular complexity index is 577. The maximum atomic E-state index is 13.0. The lowest BCUT2D eigenvalue weighted by Crippen LogP contribution is -2.21. The van der Waals surface area contributed by atoms with Crippen LogP contribution in [-0.2, 0) is 4.79 Å². The normalized spacial score (nSPS) is 10.2. The lowest BCUT2D eigenvalue weighted by Gasteiger charge is -2.23. The fourth-order valence-electron chi connectivity index (χ4n) is 2.29. The molecule has 0 bridgehead atoms. The van der Waals surface area contributed by atoms with E-state index in [4.69, 9.17) is 0 Å². The van der Waals surface area contributed by atoms with Crippen LogP contribution in [-0.4, -0.2) is 19.5 Å². The van der Waals surface area contributed by atoms with Gasteiger partial charge in [0.15, 0.2) is 0 Å². The van der Waals surface area contributed by atoms with E-state index in [1.807, 2.05) is 24.3 Å². The number of hydrogen-bond donors (Lipinski definition) is 0. The maximum absolute atomic E-state index is 13.0. The van der Waals surface area contributed by atoms with Gasteiger partial charge in [-0.3, -0.25) is 9.69 Å². The highest BCUT2D eigenvalue weighted by atomic mass is 19.1. The van der Waals surface area contributed by atoms with Crippen LogP contribution in [0, 0.1) is 5.82 Å². The van der Waals surface area contributed by atoms with E-state index in [9.17, 15) is 9.18 Å². The van der Waals surface area contributed by atoms with E-state index in [1.165, 1.54) is 17.0 Å². The minimum absolute atomic E-state index is 0.318. The van der Waals surface area contributed by atoms with Crippen molar-refractivity contribution in [2.75, 3.05) is 22.9 Å². The highest BCUT2D eigenvalue weighted by Crippen LogP contribution is 2.26. The number of carbonyl (C=O) groups excluding carboxylic acids is 1. The zero-order chi connectivity index (χ0) is 15.2. The van der Waals surface area contributed by atoms with Gasteiger partial charge in [0.1, 0.15) is 5.82 Å². The van der Waals surface area contributed by atoms with E-state index in [2.05, 4.69) is 18.7 Å². The average molecular weight is 286 g/mol. The summed E-state index contributed by atoms with van der Waals surface area (Å²) in [6, 6.07) is 13.6. The van der Waals surface area contributed by atoms with Crippen molar-refractivity contribution in [3.8, 4) is 0 Å². The molecule has 0 heterocycles. The number of carbonyl (C=O) groups is 1. The third-order valence-corrected chi connectivity index (χ3v) is 3.47. The topological polar surface area (TPSA) is 23.6 Å². The molecular formula is C17H19FN2O. The molecule has 21 heavy (non-hydrogen) atoms. The Kier molecular flexibility index (Phi) is 4.93. The van der Waals surface area contributed by atoms with Gasteiger partial charge in [-0.1, -0.05) is 0 Å². The van der Waals surface area contributed by atoms with Crippen molar-refractivity contribution in [2.45, 2.75) is 13.8 Å². The number of nitrogens with zero attached hydrogens (tertiary/aromatic N) is 2. The molecule has 0 aliphatic heterocycles. The van der Waals surface area contributed by atoms with E-state index in [0.29, 0.717) is 5.69 Å². The van der Waals surface area contributed by atoms with Crippen molar-refractivity contribution in [3.63, 3.8) is 0 Å². The summed E-state index contributed by atoms with van der Waals surface area (Å²) < 4.78 is 13.0. The fraction of sp³-hybridized carbons (Fsp3) is 0.235. The summed E-state index contributed by atoms with van der Waals surface area (Å²) in [5, 5.41) is 0. The third-order valence-electron chi connectivity index (χ3n) is 3.47. The summed E-state index contributed by atoms with van der Waals surface area (Å²) in [7, 11) is 0. The Balaban J connectivity index is 2.27. The zero-order valence-corrected chi connectivity index (χ0v) is 12.3. The molecule has 0 unspecified atom stereocenters. The van der Waals surface area contributed by atoms with Gasteiger partial charge < -0.3 is 4.90 Å². The van der Waals surface area contributed by atoms with Crippen LogP contribution in [0.15, 0.2) is 48.5 Å². The summed E-state index contributed by atoms with van der Waals surface area (Å²) in [4.78, 5) is 15.1. The highest BCUT2D eigenvalue weighted by Gasteiger charge is 2.09. The number of halogens is 1. The molecular weight excluding hydrogens is 267 g/mol. The van der Waals surface area contributed by atoms with E-state index in [0.717, 1.165) is 30.9 Å². The van der Waals surface area contributed by atoms with E-state index < -0.39 is 0 Å². The van der Waals surface area contributed by atoms with Crippen LogP contribution in [0.25, 0.3) is 0 Å².